The van der Waals surface area contributed by atoms with Crippen LogP contribution in [0.15, 0.2) is 364 Å². The van der Waals surface area contributed by atoms with Gasteiger partial charge in [-0.3, -0.25) is 0 Å². The average Bonchev–Trinajstić information content (AvgIpc) is 2.71. The summed E-state index contributed by atoms with van der Waals surface area (Å²) in [5.74, 6) is 0. The van der Waals surface area contributed by atoms with Gasteiger partial charge in [-0.1, -0.05) is 267 Å². The molecule has 14 aromatic carbocycles. The van der Waals surface area contributed by atoms with Gasteiger partial charge in [-0.05, 0) is 197 Å². The molecule has 14 aromatic rings. The van der Waals surface area contributed by atoms with E-state index >= 15 is 0 Å². The van der Waals surface area contributed by atoms with Crippen LogP contribution in [0, 0.1) is 0 Å². The van der Waals surface area contributed by atoms with Crippen LogP contribution in [0.4, 0.5) is 34.1 Å². The lowest BCUT2D eigenvalue weighted by molar-refractivity contribution is 1.28. The highest BCUT2D eigenvalue weighted by molar-refractivity contribution is 5.89. The molecular formula is C84H60N2. The topological polar surface area (TPSA) is 6.48 Å². The number of rotatable bonds is 15. The second-order valence-electron chi connectivity index (χ2n) is 21.8. The van der Waals surface area contributed by atoms with Gasteiger partial charge < -0.3 is 9.80 Å². The molecule has 2 nitrogen and oxygen atoms in total. The first-order valence-corrected chi connectivity index (χ1v) is 29.4. The minimum absolute atomic E-state index is 1.06. The van der Waals surface area contributed by atoms with E-state index in [1.54, 1.807) is 0 Å². The Balaban J connectivity index is 0.841. The number of hydrogen-bond donors (Lipinski definition) is 0. The highest BCUT2D eigenvalue weighted by Gasteiger charge is 2.20. The fourth-order valence-electron chi connectivity index (χ4n) is 11.8. The molecule has 14 rings (SSSR count). The van der Waals surface area contributed by atoms with Crippen LogP contribution in [0.1, 0.15) is 0 Å². The predicted molar refractivity (Wildman–Crippen MR) is 365 cm³/mol. The van der Waals surface area contributed by atoms with Gasteiger partial charge in [0.15, 0.2) is 0 Å². The Morgan fingerprint density at radius 3 is 0.488 bits per heavy atom. The standard InChI is InChI=1S/C84H60N2/c1-7-21-61(22-8-1)71-33-19-35-73(53-71)69-41-49-81(50-42-69)85(83-57-75(63-25-11-3-12-26-63)55-76(58-83)64-27-13-4-14-28-64)79-45-37-67(38-46-79)68-39-47-80(48-40-68)86(82-51-43-70(44-52-82)74-36-20-34-72(54-74)62-23-9-2-10-24-62)84-59-77(65-29-15-5-16-30-65)56-78(60-84)66-31-17-6-18-32-66/h1-60H. The van der Waals surface area contributed by atoms with Gasteiger partial charge in [-0.2, -0.15) is 0 Å². The van der Waals surface area contributed by atoms with Gasteiger partial charge in [-0.25, -0.2) is 0 Å². The summed E-state index contributed by atoms with van der Waals surface area (Å²) in [6, 6.07) is 132. The van der Waals surface area contributed by atoms with Crippen molar-refractivity contribution in [1.82, 2.24) is 0 Å². The van der Waals surface area contributed by atoms with Crippen molar-refractivity contribution in [2.45, 2.75) is 0 Å². The summed E-state index contributed by atoms with van der Waals surface area (Å²) in [7, 11) is 0. The van der Waals surface area contributed by atoms with Gasteiger partial charge in [0.2, 0.25) is 0 Å². The molecule has 86 heavy (non-hydrogen) atoms. The minimum Gasteiger partial charge on any atom is -0.310 e. The highest BCUT2D eigenvalue weighted by Crippen LogP contribution is 2.44. The molecule has 0 aliphatic carbocycles. The maximum absolute atomic E-state index is 2.40. The van der Waals surface area contributed by atoms with E-state index in [-0.39, 0.29) is 0 Å². The highest BCUT2D eigenvalue weighted by atomic mass is 15.1. The molecule has 0 fully saturated rings. The van der Waals surface area contributed by atoms with Gasteiger partial charge in [0.25, 0.3) is 0 Å². The quantitative estimate of drug-likeness (QED) is 0.101. The summed E-state index contributed by atoms with van der Waals surface area (Å²) in [6.45, 7) is 0. The van der Waals surface area contributed by atoms with Crippen molar-refractivity contribution in [3.8, 4) is 100 Å². The van der Waals surface area contributed by atoms with Crippen molar-refractivity contribution in [2.24, 2.45) is 0 Å². The normalized spacial score (nSPS) is 11.0. The molecule has 0 radical (unpaired) electrons. The lowest BCUT2D eigenvalue weighted by Crippen LogP contribution is -2.10. The summed E-state index contributed by atoms with van der Waals surface area (Å²) in [5, 5.41) is 0. The molecular weight excluding hydrogens is 1040 g/mol. The summed E-state index contributed by atoms with van der Waals surface area (Å²) in [6.07, 6.45) is 0. The number of benzene rings is 14. The third-order valence-corrected chi connectivity index (χ3v) is 16.2. The molecule has 0 atom stereocenters. The van der Waals surface area contributed by atoms with E-state index in [0.717, 1.165) is 78.6 Å². The summed E-state index contributed by atoms with van der Waals surface area (Å²) < 4.78 is 0. The Bertz CT molecular complexity index is 4130. The Morgan fingerprint density at radius 1 is 0.105 bits per heavy atom. The molecule has 0 bridgehead atoms. The minimum atomic E-state index is 1.06. The zero-order valence-electron chi connectivity index (χ0n) is 47.5. The lowest BCUT2D eigenvalue weighted by atomic mass is 9.96. The first-order valence-electron chi connectivity index (χ1n) is 29.4. The van der Waals surface area contributed by atoms with Gasteiger partial charge in [-0.15, -0.1) is 0 Å². The molecule has 0 spiro atoms. The SMILES string of the molecule is c1ccc(-c2cccc(-c3ccc(N(c4ccc(-c5ccc(N(c6ccc(-c7cccc(-c8ccccc8)c7)cc6)c6cc(-c7ccccc7)cc(-c7ccccc7)c6)cc5)cc4)c4cc(-c5ccccc5)cc(-c5ccccc5)c4)cc3)c2)cc1. The number of nitrogens with zero attached hydrogens (tertiary/aromatic N) is 2. The van der Waals surface area contributed by atoms with E-state index in [1.807, 2.05) is 0 Å². The molecule has 0 saturated carbocycles. The van der Waals surface area contributed by atoms with E-state index in [2.05, 4.69) is 374 Å². The first-order chi connectivity index (χ1) is 42.6. The van der Waals surface area contributed by atoms with Crippen LogP contribution in [0.5, 0.6) is 0 Å². The maximum atomic E-state index is 2.40. The average molecular weight is 1100 g/mol. The molecule has 0 aromatic heterocycles. The third-order valence-electron chi connectivity index (χ3n) is 16.2. The molecule has 2 heteroatoms. The van der Waals surface area contributed by atoms with Crippen molar-refractivity contribution in [3.63, 3.8) is 0 Å². The lowest BCUT2D eigenvalue weighted by Gasteiger charge is -2.28. The summed E-state index contributed by atoms with van der Waals surface area (Å²) >= 11 is 0. The predicted octanol–water partition coefficient (Wildman–Crippen LogP) is 23.6. The van der Waals surface area contributed by atoms with Crippen molar-refractivity contribution >= 4 is 34.1 Å². The van der Waals surface area contributed by atoms with Crippen molar-refractivity contribution in [2.75, 3.05) is 9.80 Å². The number of hydrogen-bond acceptors (Lipinski definition) is 2. The van der Waals surface area contributed by atoms with Crippen LogP contribution in [0.2, 0.25) is 0 Å². The second-order valence-corrected chi connectivity index (χ2v) is 21.8. The van der Waals surface area contributed by atoms with Crippen LogP contribution in [-0.2, 0) is 0 Å². The summed E-state index contributed by atoms with van der Waals surface area (Å²) in [4.78, 5) is 4.79. The van der Waals surface area contributed by atoms with Crippen molar-refractivity contribution < 1.29 is 0 Å². The molecule has 0 heterocycles. The number of anilines is 6. The van der Waals surface area contributed by atoms with Crippen molar-refractivity contribution in [1.29, 1.82) is 0 Å². The Labute approximate surface area is 505 Å². The third kappa shape index (κ3) is 11.4. The van der Waals surface area contributed by atoms with Crippen LogP contribution in [0.3, 0.4) is 0 Å². The Morgan fingerprint density at radius 2 is 0.267 bits per heavy atom. The van der Waals surface area contributed by atoms with E-state index in [1.165, 1.54) is 55.6 Å². The largest absolute Gasteiger partial charge is 0.310 e. The van der Waals surface area contributed by atoms with E-state index in [4.69, 9.17) is 0 Å². The first kappa shape index (κ1) is 52.7. The maximum Gasteiger partial charge on any atom is 0.0473 e. The fraction of sp³-hybridized carbons (Fsp3) is 0. The smallest absolute Gasteiger partial charge is 0.0473 e. The van der Waals surface area contributed by atoms with Crippen LogP contribution < -0.4 is 9.80 Å². The van der Waals surface area contributed by atoms with Crippen molar-refractivity contribution in [3.05, 3.63) is 364 Å². The van der Waals surface area contributed by atoms with Gasteiger partial charge in [0.05, 0.1) is 0 Å². The zero-order chi connectivity index (χ0) is 57.4. The second kappa shape index (κ2) is 24.3. The monoisotopic (exact) mass is 1100 g/mol. The van der Waals surface area contributed by atoms with E-state index in [0.29, 0.717) is 0 Å². The van der Waals surface area contributed by atoms with E-state index < -0.39 is 0 Å². The molecule has 0 aliphatic heterocycles. The summed E-state index contributed by atoms with van der Waals surface area (Å²) in [5.41, 5.74) is 27.4. The van der Waals surface area contributed by atoms with Gasteiger partial charge >= 0.3 is 0 Å². The molecule has 406 valence electrons. The molecule has 0 aliphatic rings. The molecule has 0 N–H and O–H groups in total. The zero-order valence-corrected chi connectivity index (χ0v) is 47.5. The van der Waals surface area contributed by atoms with Gasteiger partial charge in [0, 0.05) is 34.1 Å². The van der Waals surface area contributed by atoms with Gasteiger partial charge in [0.1, 0.15) is 0 Å². The Hall–Kier alpha value is -11.3. The van der Waals surface area contributed by atoms with Crippen LogP contribution in [-0.4, -0.2) is 0 Å². The fourth-order valence-corrected chi connectivity index (χ4v) is 11.8. The van der Waals surface area contributed by atoms with Crippen LogP contribution in [0.25, 0.3) is 100 Å². The van der Waals surface area contributed by atoms with Crippen LogP contribution >= 0.6 is 0 Å². The Kier molecular flexibility index (Phi) is 14.9. The molecule has 0 unspecified atom stereocenters. The molecule has 0 amide bonds. The van der Waals surface area contributed by atoms with E-state index in [9.17, 15) is 0 Å². The molecule has 0 saturated heterocycles.